The van der Waals surface area contributed by atoms with E-state index in [1.165, 1.54) is 12.8 Å². The van der Waals surface area contributed by atoms with E-state index in [1.54, 1.807) is 7.11 Å². The minimum Gasteiger partial charge on any atom is -0.491 e. The lowest BCUT2D eigenvalue weighted by molar-refractivity contribution is 0.129. The molecule has 21 heavy (non-hydrogen) atoms. The molecule has 1 aromatic carbocycles. The summed E-state index contributed by atoms with van der Waals surface area (Å²) >= 11 is 6.09. The molecule has 0 amide bonds. The monoisotopic (exact) mass is 312 g/mol. The number of nitrogens with one attached hydrogen (secondary N) is 1. The van der Waals surface area contributed by atoms with Crippen LogP contribution in [0.25, 0.3) is 0 Å². The zero-order chi connectivity index (χ0) is 14.9. The van der Waals surface area contributed by atoms with Gasteiger partial charge in [0.15, 0.2) is 0 Å². The summed E-state index contributed by atoms with van der Waals surface area (Å²) < 4.78 is 11.0. The fourth-order valence-electron chi connectivity index (χ4n) is 2.59. The number of rotatable bonds is 9. The second-order valence-electron chi connectivity index (χ2n) is 5.37. The minimum absolute atomic E-state index is 0.599. The van der Waals surface area contributed by atoms with Crippen molar-refractivity contribution in [2.75, 3.05) is 46.5 Å². The van der Waals surface area contributed by atoms with Crippen molar-refractivity contribution in [3.8, 4) is 5.75 Å². The molecule has 0 aliphatic carbocycles. The third-order valence-electron chi connectivity index (χ3n) is 3.75. The van der Waals surface area contributed by atoms with Gasteiger partial charge in [0.25, 0.3) is 0 Å². The first-order chi connectivity index (χ1) is 10.3. The SMILES string of the molecule is COCCN(CCOc1ccccc1Cl)CC1CCCN1. The molecule has 1 unspecified atom stereocenters. The summed E-state index contributed by atoms with van der Waals surface area (Å²) in [6.45, 7) is 5.39. The standard InChI is InChI=1S/C16H25ClN2O2/c1-20-11-9-19(13-14-5-4-8-18-14)10-12-21-16-7-3-2-6-15(16)17/h2-3,6-7,14,18H,4-5,8-13H2,1H3. The van der Waals surface area contributed by atoms with Crippen LogP contribution in [0.15, 0.2) is 24.3 Å². The van der Waals surface area contributed by atoms with Crippen LogP contribution in [-0.2, 0) is 4.74 Å². The van der Waals surface area contributed by atoms with E-state index in [4.69, 9.17) is 21.1 Å². The molecule has 0 saturated carbocycles. The van der Waals surface area contributed by atoms with E-state index in [0.717, 1.165) is 38.5 Å². The second kappa shape index (κ2) is 9.26. The Morgan fingerprint density at radius 3 is 2.81 bits per heavy atom. The minimum atomic E-state index is 0.599. The zero-order valence-corrected chi connectivity index (χ0v) is 13.4. The quantitative estimate of drug-likeness (QED) is 0.759. The number of ether oxygens (including phenoxy) is 2. The number of hydrogen-bond donors (Lipinski definition) is 1. The van der Waals surface area contributed by atoms with Crippen molar-refractivity contribution >= 4 is 11.6 Å². The average molecular weight is 313 g/mol. The molecule has 1 aliphatic heterocycles. The van der Waals surface area contributed by atoms with Gasteiger partial charge in [-0.2, -0.15) is 0 Å². The first kappa shape index (κ1) is 16.6. The smallest absolute Gasteiger partial charge is 0.137 e. The van der Waals surface area contributed by atoms with E-state index < -0.39 is 0 Å². The average Bonchev–Trinajstić information content (AvgIpc) is 2.99. The summed E-state index contributed by atoms with van der Waals surface area (Å²) in [6, 6.07) is 8.20. The molecule has 1 aliphatic rings. The number of methoxy groups -OCH3 is 1. The van der Waals surface area contributed by atoms with Crippen LogP contribution >= 0.6 is 11.6 Å². The molecule has 1 atom stereocenters. The van der Waals surface area contributed by atoms with E-state index in [1.807, 2.05) is 24.3 Å². The van der Waals surface area contributed by atoms with E-state index in [-0.39, 0.29) is 0 Å². The van der Waals surface area contributed by atoms with Gasteiger partial charge in [-0.15, -0.1) is 0 Å². The number of halogens is 1. The Hall–Kier alpha value is -0.810. The molecule has 5 heteroatoms. The normalized spacial score (nSPS) is 18.3. The Kier molecular flexibility index (Phi) is 7.30. The molecule has 1 fully saturated rings. The molecular formula is C16H25ClN2O2. The predicted molar refractivity (Wildman–Crippen MR) is 86.3 cm³/mol. The van der Waals surface area contributed by atoms with Crippen LogP contribution in [0, 0.1) is 0 Å². The van der Waals surface area contributed by atoms with Gasteiger partial charge in [0.05, 0.1) is 11.6 Å². The van der Waals surface area contributed by atoms with Gasteiger partial charge in [-0.25, -0.2) is 0 Å². The van der Waals surface area contributed by atoms with Crippen LogP contribution in [0.2, 0.25) is 5.02 Å². The molecule has 0 bridgehead atoms. The zero-order valence-electron chi connectivity index (χ0n) is 12.7. The lowest BCUT2D eigenvalue weighted by Crippen LogP contribution is -2.41. The van der Waals surface area contributed by atoms with Gasteiger partial charge in [-0.05, 0) is 31.5 Å². The van der Waals surface area contributed by atoms with Crippen molar-refractivity contribution in [2.45, 2.75) is 18.9 Å². The number of para-hydroxylation sites is 1. The second-order valence-corrected chi connectivity index (χ2v) is 5.77. The van der Waals surface area contributed by atoms with Crippen LogP contribution in [-0.4, -0.2) is 57.4 Å². The molecule has 0 aromatic heterocycles. The van der Waals surface area contributed by atoms with Crippen LogP contribution in [0.1, 0.15) is 12.8 Å². The topological polar surface area (TPSA) is 33.7 Å². The van der Waals surface area contributed by atoms with Crippen molar-refractivity contribution < 1.29 is 9.47 Å². The third-order valence-corrected chi connectivity index (χ3v) is 4.07. The molecule has 0 radical (unpaired) electrons. The third kappa shape index (κ3) is 5.83. The van der Waals surface area contributed by atoms with Gasteiger partial charge in [-0.3, -0.25) is 4.90 Å². The first-order valence-electron chi connectivity index (χ1n) is 7.61. The van der Waals surface area contributed by atoms with Crippen molar-refractivity contribution in [1.29, 1.82) is 0 Å². The highest BCUT2D eigenvalue weighted by molar-refractivity contribution is 6.32. The van der Waals surface area contributed by atoms with E-state index in [2.05, 4.69) is 10.2 Å². The molecule has 1 aromatic rings. The van der Waals surface area contributed by atoms with E-state index >= 15 is 0 Å². The summed E-state index contributed by atoms with van der Waals surface area (Å²) in [5.41, 5.74) is 0. The number of benzene rings is 1. The van der Waals surface area contributed by atoms with E-state index in [9.17, 15) is 0 Å². The fraction of sp³-hybridized carbons (Fsp3) is 0.625. The Morgan fingerprint density at radius 2 is 2.10 bits per heavy atom. The van der Waals surface area contributed by atoms with Crippen LogP contribution in [0.4, 0.5) is 0 Å². The molecule has 4 nitrogen and oxygen atoms in total. The maximum Gasteiger partial charge on any atom is 0.137 e. The Labute approximate surface area is 132 Å². The highest BCUT2D eigenvalue weighted by atomic mass is 35.5. The predicted octanol–water partition coefficient (Wildman–Crippen LogP) is 2.42. The molecule has 1 N–H and O–H groups in total. The highest BCUT2D eigenvalue weighted by Gasteiger charge is 2.17. The molecule has 118 valence electrons. The molecular weight excluding hydrogens is 288 g/mol. The van der Waals surface area contributed by atoms with Gasteiger partial charge in [0.2, 0.25) is 0 Å². The Balaban J connectivity index is 1.76. The maximum absolute atomic E-state index is 6.09. The maximum atomic E-state index is 6.09. The lowest BCUT2D eigenvalue weighted by atomic mass is 10.2. The van der Waals surface area contributed by atoms with Crippen molar-refractivity contribution in [1.82, 2.24) is 10.2 Å². The van der Waals surface area contributed by atoms with Crippen molar-refractivity contribution in [3.63, 3.8) is 0 Å². The summed E-state index contributed by atoms with van der Waals surface area (Å²) in [4.78, 5) is 2.39. The first-order valence-corrected chi connectivity index (χ1v) is 7.99. The van der Waals surface area contributed by atoms with Gasteiger partial charge in [0.1, 0.15) is 12.4 Å². The van der Waals surface area contributed by atoms with Crippen LogP contribution < -0.4 is 10.1 Å². The van der Waals surface area contributed by atoms with Gasteiger partial charge < -0.3 is 14.8 Å². The summed E-state index contributed by atoms with van der Waals surface area (Å²) in [5.74, 6) is 0.754. The Morgan fingerprint density at radius 1 is 1.29 bits per heavy atom. The Bertz CT molecular complexity index is 411. The summed E-state index contributed by atoms with van der Waals surface area (Å²) in [7, 11) is 1.74. The lowest BCUT2D eigenvalue weighted by Gasteiger charge is -2.25. The highest BCUT2D eigenvalue weighted by Crippen LogP contribution is 2.22. The summed E-state index contributed by atoms with van der Waals surface area (Å²) in [6.07, 6.45) is 2.54. The van der Waals surface area contributed by atoms with Gasteiger partial charge >= 0.3 is 0 Å². The van der Waals surface area contributed by atoms with Gasteiger partial charge in [-0.1, -0.05) is 23.7 Å². The van der Waals surface area contributed by atoms with E-state index in [0.29, 0.717) is 17.7 Å². The molecule has 1 saturated heterocycles. The summed E-state index contributed by atoms with van der Waals surface area (Å²) in [5, 5.41) is 4.20. The van der Waals surface area contributed by atoms with Crippen LogP contribution in [0.3, 0.4) is 0 Å². The van der Waals surface area contributed by atoms with Gasteiger partial charge in [0, 0.05) is 32.8 Å². The fourth-order valence-corrected chi connectivity index (χ4v) is 2.78. The van der Waals surface area contributed by atoms with Crippen molar-refractivity contribution in [2.24, 2.45) is 0 Å². The largest absolute Gasteiger partial charge is 0.491 e. The molecule has 1 heterocycles. The molecule has 0 spiro atoms. The number of hydrogen-bond acceptors (Lipinski definition) is 4. The molecule has 2 rings (SSSR count). The number of nitrogens with zero attached hydrogens (tertiary/aromatic N) is 1. The van der Waals surface area contributed by atoms with Crippen molar-refractivity contribution in [3.05, 3.63) is 29.3 Å². The van der Waals surface area contributed by atoms with Crippen LogP contribution in [0.5, 0.6) is 5.75 Å².